The van der Waals surface area contributed by atoms with Gasteiger partial charge in [0, 0.05) is 10.9 Å². The first kappa shape index (κ1) is 20.0. The molecule has 158 valence electrons. The summed E-state index contributed by atoms with van der Waals surface area (Å²) in [6.07, 6.45) is 0. The largest absolute Gasteiger partial charge is 0.455 e. The second-order valence-electron chi connectivity index (χ2n) is 6.85. The number of carbonyl (C=O) groups is 1. The summed E-state index contributed by atoms with van der Waals surface area (Å²) < 4.78 is 19.4. The molecule has 0 bridgehead atoms. The number of nitrogens with one attached hydrogen (secondary N) is 2. The first-order valence-electron chi connectivity index (χ1n) is 9.72. The SMILES string of the molecule is O=C(CSc1nnc2c(n1)[nH]c1ccc(F)cc12)Nc1ccccc1Oc1ccccc1. The molecule has 0 saturated carbocycles. The van der Waals surface area contributed by atoms with Crippen LogP contribution in [-0.4, -0.2) is 31.8 Å². The summed E-state index contributed by atoms with van der Waals surface area (Å²) >= 11 is 1.15. The maximum absolute atomic E-state index is 13.5. The van der Waals surface area contributed by atoms with Crippen LogP contribution in [0.3, 0.4) is 0 Å². The fourth-order valence-corrected chi connectivity index (χ4v) is 3.77. The lowest BCUT2D eigenvalue weighted by Gasteiger charge is -2.12. The van der Waals surface area contributed by atoms with Crippen LogP contribution in [0, 0.1) is 5.82 Å². The first-order chi connectivity index (χ1) is 15.7. The van der Waals surface area contributed by atoms with E-state index in [2.05, 4.69) is 25.5 Å². The third kappa shape index (κ3) is 4.23. The highest BCUT2D eigenvalue weighted by atomic mass is 32.2. The van der Waals surface area contributed by atoms with Crippen LogP contribution in [0.25, 0.3) is 22.1 Å². The first-order valence-corrected chi connectivity index (χ1v) is 10.7. The molecule has 2 aromatic heterocycles. The highest BCUT2D eigenvalue weighted by Gasteiger charge is 2.13. The Hall–Kier alpha value is -3.98. The molecule has 0 aliphatic rings. The van der Waals surface area contributed by atoms with Crippen molar-refractivity contribution in [1.29, 1.82) is 0 Å². The molecule has 3 aromatic carbocycles. The molecule has 5 rings (SSSR count). The van der Waals surface area contributed by atoms with Crippen molar-refractivity contribution in [3.63, 3.8) is 0 Å². The number of carbonyl (C=O) groups excluding carboxylic acids is 1. The molecule has 0 saturated heterocycles. The molecule has 0 radical (unpaired) electrons. The molecule has 1 amide bonds. The topological polar surface area (TPSA) is 92.8 Å². The van der Waals surface area contributed by atoms with Gasteiger partial charge in [-0.3, -0.25) is 4.79 Å². The highest BCUT2D eigenvalue weighted by molar-refractivity contribution is 7.99. The summed E-state index contributed by atoms with van der Waals surface area (Å²) in [7, 11) is 0. The summed E-state index contributed by atoms with van der Waals surface area (Å²) in [4.78, 5) is 20.0. The predicted octanol–water partition coefficient (Wildman–Crippen LogP) is 5.17. The van der Waals surface area contributed by atoms with Gasteiger partial charge in [0.15, 0.2) is 11.4 Å². The molecule has 0 aliphatic carbocycles. The summed E-state index contributed by atoms with van der Waals surface area (Å²) in [5, 5.41) is 12.0. The Kier molecular flexibility index (Phi) is 5.39. The minimum atomic E-state index is -0.355. The maximum Gasteiger partial charge on any atom is 0.234 e. The lowest BCUT2D eigenvalue weighted by molar-refractivity contribution is -0.113. The normalized spacial score (nSPS) is 11.0. The van der Waals surface area contributed by atoms with Crippen LogP contribution in [0.1, 0.15) is 0 Å². The van der Waals surface area contributed by atoms with E-state index in [0.717, 1.165) is 17.3 Å². The van der Waals surface area contributed by atoms with Gasteiger partial charge in [-0.25, -0.2) is 9.37 Å². The predicted molar refractivity (Wildman–Crippen MR) is 121 cm³/mol. The van der Waals surface area contributed by atoms with Crippen molar-refractivity contribution in [2.75, 3.05) is 11.1 Å². The number of H-pyrrole nitrogens is 1. The number of nitrogens with zero attached hydrogens (tertiary/aromatic N) is 3. The van der Waals surface area contributed by atoms with Gasteiger partial charge in [0.2, 0.25) is 11.1 Å². The van der Waals surface area contributed by atoms with Crippen molar-refractivity contribution < 1.29 is 13.9 Å². The Bertz CT molecular complexity index is 1420. The zero-order valence-corrected chi connectivity index (χ0v) is 17.4. The molecular weight excluding hydrogens is 429 g/mol. The van der Waals surface area contributed by atoms with E-state index in [0.29, 0.717) is 38.9 Å². The molecule has 0 fully saturated rings. The lowest BCUT2D eigenvalue weighted by Crippen LogP contribution is -2.15. The number of fused-ring (bicyclic) bond motifs is 3. The molecule has 7 nitrogen and oxygen atoms in total. The Balaban J connectivity index is 1.27. The molecule has 2 heterocycles. The number of thioether (sulfide) groups is 1. The zero-order chi connectivity index (χ0) is 21.9. The number of para-hydroxylation sites is 3. The minimum absolute atomic E-state index is 0.0850. The molecule has 2 N–H and O–H groups in total. The Labute approximate surface area is 186 Å². The Morgan fingerprint density at radius 3 is 2.72 bits per heavy atom. The van der Waals surface area contributed by atoms with E-state index >= 15 is 0 Å². The molecule has 0 aliphatic heterocycles. The van der Waals surface area contributed by atoms with Gasteiger partial charge < -0.3 is 15.0 Å². The molecule has 0 spiro atoms. The van der Waals surface area contributed by atoms with Crippen LogP contribution in [0.2, 0.25) is 0 Å². The lowest BCUT2D eigenvalue weighted by atomic mass is 10.2. The number of amides is 1. The molecule has 5 aromatic rings. The molecule has 0 atom stereocenters. The number of rotatable bonds is 6. The van der Waals surface area contributed by atoms with E-state index in [1.165, 1.54) is 12.1 Å². The fraction of sp³-hybridized carbons (Fsp3) is 0.0435. The average molecular weight is 445 g/mol. The second-order valence-corrected chi connectivity index (χ2v) is 7.80. The van der Waals surface area contributed by atoms with Crippen LogP contribution in [0.5, 0.6) is 11.5 Å². The molecule has 9 heteroatoms. The van der Waals surface area contributed by atoms with Gasteiger partial charge in [0.25, 0.3) is 0 Å². The zero-order valence-electron chi connectivity index (χ0n) is 16.6. The van der Waals surface area contributed by atoms with E-state index in [4.69, 9.17) is 4.74 Å². The summed E-state index contributed by atoms with van der Waals surface area (Å²) in [5.74, 6) is 0.714. The third-order valence-corrected chi connectivity index (χ3v) is 5.46. The van der Waals surface area contributed by atoms with Crippen LogP contribution in [-0.2, 0) is 4.79 Å². The van der Waals surface area contributed by atoms with Gasteiger partial charge in [-0.05, 0) is 42.5 Å². The van der Waals surface area contributed by atoms with Crippen molar-refractivity contribution in [2.45, 2.75) is 5.16 Å². The van der Waals surface area contributed by atoms with Crippen LogP contribution in [0.15, 0.2) is 78.0 Å². The molecule has 32 heavy (non-hydrogen) atoms. The third-order valence-electron chi connectivity index (χ3n) is 4.62. The number of hydrogen-bond acceptors (Lipinski definition) is 6. The summed E-state index contributed by atoms with van der Waals surface area (Å²) in [6.45, 7) is 0. The number of halogens is 1. The van der Waals surface area contributed by atoms with Crippen molar-refractivity contribution >= 4 is 45.4 Å². The number of anilines is 1. The number of ether oxygens (including phenoxy) is 1. The maximum atomic E-state index is 13.5. The van der Waals surface area contributed by atoms with Crippen molar-refractivity contribution in [3.8, 4) is 11.5 Å². The molecular formula is C23H16FN5O2S. The van der Waals surface area contributed by atoms with E-state index in [-0.39, 0.29) is 17.5 Å². The molecule has 0 unspecified atom stereocenters. The summed E-state index contributed by atoms with van der Waals surface area (Å²) in [6, 6.07) is 20.9. The monoisotopic (exact) mass is 445 g/mol. The van der Waals surface area contributed by atoms with Crippen LogP contribution in [0.4, 0.5) is 10.1 Å². The van der Waals surface area contributed by atoms with Gasteiger partial charge in [-0.1, -0.05) is 42.1 Å². The number of hydrogen-bond donors (Lipinski definition) is 2. The number of aromatic amines is 1. The number of benzene rings is 3. The van der Waals surface area contributed by atoms with E-state index < -0.39 is 0 Å². The van der Waals surface area contributed by atoms with E-state index in [9.17, 15) is 9.18 Å². The standard InChI is InChI=1S/C23H16FN5O2S/c24-14-10-11-17-16(12-14)21-22(26-17)27-23(29-28-21)32-13-20(30)25-18-8-4-5-9-19(18)31-15-6-2-1-3-7-15/h1-12H,13H2,(H,25,30)(H,26,27,29). The van der Waals surface area contributed by atoms with Crippen molar-refractivity contribution in [2.24, 2.45) is 0 Å². The van der Waals surface area contributed by atoms with Gasteiger partial charge in [-0.15, -0.1) is 10.2 Å². The van der Waals surface area contributed by atoms with Crippen molar-refractivity contribution in [3.05, 3.63) is 78.6 Å². The smallest absolute Gasteiger partial charge is 0.234 e. The van der Waals surface area contributed by atoms with Gasteiger partial charge >= 0.3 is 0 Å². The number of aromatic nitrogens is 4. The quantitative estimate of drug-likeness (QED) is 0.350. The van der Waals surface area contributed by atoms with Gasteiger partial charge in [0.05, 0.1) is 11.4 Å². The van der Waals surface area contributed by atoms with Crippen LogP contribution >= 0.6 is 11.8 Å². The van der Waals surface area contributed by atoms with Crippen molar-refractivity contribution in [1.82, 2.24) is 20.2 Å². The minimum Gasteiger partial charge on any atom is -0.455 e. The van der Waals surface area contributed by atoms with E-state index in [1.807, 2.05) is 42.5 Å². The van der Waals surface area contributed by atoms with Crippen LogP contribution < -0.4 is 10.1 Å². The van der Waals surface area contributed by atoms with E-state index in [1.54, 1.807) is 18.2 Å². The Morgan fingerprint density at radius 1 is 1.03 bits per heavy atom. The average Bonchev–Trinajstić information content (AvgIpc) is 3.17. The summed E-state index contributed by atoms with van der Waals surface area (Å²) in [5.41, 5.74) is 2.26. The second kappa shape index (κ2) is 8.64. The van der Waals surface area contributed by atoms with Gasteiger partial charge in [-0.2, -0.15) is 0 Å². The highest BCUT2D eigenvalue weighted by Crippen LogP contribution is 2.29. The fourth-order valence-electron chi connectivity index (χ4n) is 3.18. The Morgan fingerprint density at radius 2 is 1.84 bits per heavy atom. The van der Waals surface area contributed by atoms with Gasteiger partial charge in [0.1, 0.15) is 17.1 Å².